The Labute approximate surface area is 157 Å². The zero-order valence-corrected chi connectivity index (χ0v) is 14.8. The molecule has 0 aliphatic rings. The van der Waals surface area contributed by atoms with Crippen LogP contribution in [-0.4, -0.2) is 16.7 Å². The summed E-state index contributed by atoms with van der Waals surface area (Å²) in [6.07, 6.45) is 1.47. The third-order valence-corrected chi connectivity index (χ3v) is 4.73. The van der Waals surface area contributed by atoms with Crippen LogP contribution < -0.4 is 15.9 Å². The van der Waals surface area contributed by atoms with Gasteiger partial charge in [0.25, 0.3) is 5.56 Å². The van der Waals surface area contributed by atoms with Gasteiger partial charge in [0.2, 0.25) is 5.58 Å². The van der Waals surface area contributed by atoms with E-state index >= 15 is 0 Å². The Morgan fingerprint density at radius 2 is 1.86 bits per heavy atom. The van der Waals surface area contributed by atoms with Crippen molar-refractivity contribution in [2.45, 2.75) is 6.54 Å². The van der Waals surface area contributed by atoms with Crippen LogP contribution in [0.4, 0.5) is 0 Å². The first kappa shape index (κ1) is 16.3. The number of rotatable bonds is 3. The first-order valence-electron chi connectivity index (χ1n) is 8.61. The number of fused-ring (bicyclic) bond motifs is 4. The van der Waals surface area contributed by atoms with Gasteiger partial charge >= 0.3 is 5.63 Å². The largest absolute Gasteiger partial charge is 0.497 e. The molecule has 0 bridgehead atoms. The molecule has 7 heteroatoms. The molecule has 5 rings (SSSR count). The maximum Gasteiger partial charge on any atom is 0.336 e. The number of nitrogens with zero attached hydrogens (tertiary/aromatic N) is 2. The van der Waals surface area contributed by atoms with Crippen molar-refractivity contribution < 1.29 is 13.6 Å². The summed E-state index contributed by atoms with van der Waals surface area (Å²) in [6.45, 7) is 0.160. The minimum atomic E-state index is -0.499. The summed E-state index contributed by atoms with van der Waals surface area (Å²) in [5.41, 5.74) is 1.56. The molecule has 3 aromatic heterocycles. The predicted octanol–water partition coefficient (Wildman–Crippen LogP) is 3.31. The summed E-state index contributed by atoms with van der Waals surface area (Å²) in [5.74, 6) is 0.579. The van der Waals surface area contributed by atoms with Crippen molar-refractivity contribution in [1.29, 1.82) is 0 Å². The first-order chi connectivity index (χ1) is 13.6. The van der Waals surface area contributed by atoms with Crippen LogP contribution in [-0.2, 0) is 6.54 Å². The predicted molar refractivity (Wildman–Crippen MR) is 104 cm³/mol. The van der Waals surface area contributed by atoms with E-state index in [-0.39, 0.29) is 17.7 Å². The van der Waals surface area contributed by atoms with Crippen molar-refractivity contribution in [2.24, 2.45) is 0 Å². The van der Waals surface area contributed by atoms with Crippen LogP contribution in [0.3, 0.4) is 0 Å². The summed E-state index contributed by atoms with van der Waals surface area (Å²) >= 11 is 0. The van der Waals surface area contributed by atoms with Crippen LogP contribution >= 0.6 is 0 Å². The molecular formula is C21H14N2O5. The van der Waals surface area contributed by atoms with Gasteiger partial charge in [0.05, 0.1) is 20.0 Å². The molecule has 7 nitrogen and oxygen atoms in total. The molecule has 0 unspecified atom stereocenters. The number of methoxy groups -OCH3 is 1. The number of ether oxygens (including phenoxy) is 1. The van der Waals surface area contributed by atoms with Crippen molar-refractivity contribution in [3.63, 3.8) is 0 Å². The lowest BCUT2D eigenvalue weighted by Gasteiger charge is -2.08. The van der Waals surface area contributed by atoms with Gasteiger partial charge in [-0.2, -0.15) is 0 Å². The average Bonchev–Trinajstić information content (AvgIpc) is 3.09. The maximum atomic E-state index is 12.9. The molecule has 0 N–H and O–H groups in total. The van der Waals surface area contributed by atoms with Crippen molar-refractivity contribution >= 4 is 33.0 Å². The second-order valence-electron chi connectivity index (χ2n) is 6.41. The number of benzene rings is 2. The highest BCUT2D eigenvalue weighted by Crippen LogP contribution is 2.25. The van der Waals surface area contributed by atoms with Gasteiger partial charge in [-0.25, -0.2) is 9.78 Å². The first-order valence-corrected chi connectivity index (χ1v) is 8.61. The highest BCUT2D eigenvalue weighted by molar-refractivity contribution is 6.01. The van der Waals surface area contributed by atoms with E-state index in [9.17, 15) is 9.59 Å². The molecular weight excluding hydrogens is 360 g/mol. The molecule has 3 heterocycles. The van der Waals surface area contributed by atoms with Gasteiger partial charge in [-0.1, -0.05) is 12.1 Å². The molecule has 0 fully saturated rings. The molecule has 0 saturated heterocycles. The number of furan rings is 1. The minimum Gasteiger partial charge on any atom is -0.497 e. The van der Waals surface area contributed by atoms with E-state index in [2.05, 4.69) is 4.98 Å². The van der Waals surface area contributed by atoms with E-state index in [1.165, 1.54) is 24.1 Å². The quantitative estimate of drug-likeness (QED) is 0.450. The SMILES string of the molecule is COc1ccc2c(Cn3cnc4c(oc5ccccc54)c3=O)cc(=O)oc2c1. The average molecular weight is 374 g/mol. The van der Waals surface area contributed by atoms with Gasteiger partial charge in [-0.3, -0.25) is 9.36 Å². The second kappa shape index (κ2) is 6.09. The fraction of sp³-hybridized carbons (Fsp3) is 0.0952. The van der Waals surface area contributed by atoms with Crippen LogP contribution in [0.15, 0.2) is 73.3 Å². The Hall–Kier alpha value is -3.87. The Bertz CT molecular complexity index is 1480. The van der Waals surface area contributed by atoms with Crippen LogP contribution in [0.25, 0.3) is 33.0 Å². The molecule has 28 heavy (non-hydrogen) atoms. The molecule has 0 atom stereocenters. The van der Waals surface area contributed by atoms with Gasteiger partial charge in [0.1, 0.15) is 22.4 Å². The van der Waals surface area contributed by atoms with Crippen molar-refractivity contribution in [1.82, 2.24) is 9.55 Å². The van der Waals surface area contributed by atoms with Crippen molar-refractivity contribution in [3.8, 4) is 5.75 Å². The Morgan fingerprint density at radius 3 is 2.71 bits per heavy atom. The lowest BCUT2D eigenvalue weighted by Crippen LogP contribution is -2.21. The summed E-state index contributed by atoms with van der Waals surface area (Å²) in [7, 11) is 1.54. The lowest BCUT2D eigenvalue weighted by molar-refractivity contribution is 0.414. The molecule has 0 spiro atoms. The Kier molecular flexibility index (Phi) is 3.55. The van der Waals surface area contributed by atoms with Gasteiger partial charge < -0.3 is 13.6 Å². The second-order valence-corrected chi connectivity index (χ2v) is 6.41. The van der Waals surface area contributed by atoms with E-state index in [4.69, 9.17) is 13.6 Å². The van der Waals surface area contributed by atoms with Gasteiger partial charge in [0, 0.05) is 22.9 Å². The number of para-hydroxylation sites is 1. The summed E-state index contributed by atoms with van der Waals surface area (Å²) in [4.78, 5) is 29.3. The smallest absolute Gasteiger partial charge is 0.336 e. The standard InChI is InChI=1S/C21H14N2O5/c1-26-13-6-7-14-12(8-18(24)27-17(14)9-13)10-23-11-22-19-15-4-2-3-5-16(15)28-20(19)21(23)25/h2-9,11H,10H2,1H3. The van der Waals surface area contributed by atoms with Crippen LogP contribution in [0, 0.1) is 0 Å². The monoisotopic (exact) mass is 374 g/mol. The van der Waals surface area contributed by atoms with Crippen LogP contribution in [0.1, 0.15) is 5.56 Å². The maximum absolute atomic E-state index is 12.9. The molecule has 2 aromatic carbocycles. The fourth-order valence-corrected chi connectivity index (χ4v) is 3.38. The van der Waals surface area contributed by atoms with E-state index in [1.807, 2.05) is 18.2 Å². The molecule has 0 aliphatic carbocycles. The van der Waals surface area contributed by atoms with E-state index < -0.39 is 5.63 Å². The minimum absolute atomic E-state index is 0.160. The Balaban J connectivity index is 1.68. The van der Waals surface area contributed by atoms with Gasteiger partial charge in [0.15, 0.2) is 0 Å². The lowest BCUT2D eigenvalue weighted by atomic mass is 10.1. The summed E-state index contributed by atoms with van der Waals surface area (Å²) in [6, 6.07) is 14.0. The molecule has 138 valence electrons. The third kappa shape index (κ3) is 2.48. The van der Waals surface area contributed by atoms with E-state index in [1.54, 1.807) is 24.3 Å². The van der Waals surface area contributed by atoms with Crippen LogP contribution in [0.2, 0.25) is 0 Å². The normalized spacial score (nSPS) is 11.5. The third-order valence-electron chi connectivity index (χ3n) is 4.73. The van der Waals surface area contributed by atoms with Gasteiger partial charge in [-0.15, -0.1) is 0 Å². The number of aromatic nitrogens is 2. The zero-order chi connectivity index (χ0) is 19.3. The molecule has 0 radical (unpaired) electrons. The van der Waals surface area contributed by atoms with Gasteiger partial charge in [-0.05, 0) is 29.8 Å². The Morgan fingerprint density at radius 1 is 1.00 bits per heavy atom. The fourth-order valence-electron chi connectivity index (χ4n) is 3.38. The zero-order valence-electron chi connectivity index (χ0n) is 14.8. The summed E-state index contributed by atoms with van der Waals surface area (Å²) < 4.78 is 17.6. The highest BCUT2D eigenvalue weighted by Gasteiger charge is 2.14. The topological polar surface area (TPSA) is 87.5 Å². The van der Waals surface area contributed by atoms with E-state index in [0.29, 0.717) is 28.0 Å². The van der Waals surface area contributed by atoms with Crippen LogP contribution in [0.5, 0.6) is 5.75 Å². The van der Waals surface area contributed by atoms with Crippen molar-refractivity contribution in [3.05, 3.63) is 81.2 Å². The molecule has 0 aliphatic heterocycles. The number of hydrogen-bond acceptors (Lipinski definition) is 6. The van der Waals surface area contributed by atoms with Crippen molar-refractivity contribution in [2.75, 3.05) is 7.11 Å². The molecule has 5 aromatic rings. The highest BCUT2D eigenvalue weighted by atomic mass is 16.5. The number of hydrogen-bond donors (Lipinski definition) is 0. The van der Waals surface area contributed by atoms with E-state index in [0.717, 1.165) is 10.8 Å². The molecule has 0 saturated carbocycles. The summed E-state index contributed by atoms with van der Waals surface area (Å²) in [5, 5.41) is 1.51. The molecule has 0 amide bonds.